The van der Waals surface area contributed by atoms with E-state index >= 15 is 0 Å². The third kappa shape index (κ3) is 4.25. The molecule has 7 heteroatoms. The van der Waals surface area contributed by atoms with Crippen LogP contribution in [0.3, 0.4) is 0 Å². The van der Waals surface area contributed by atoms with E-state index in [1.165, 1.54) is 15.8 Å². The Balaban J connectivity index is 1.35. The van der Waals surface area contributed by atoms with Crippen LogP contribution in [0.15, 0.2) is 36.5 Å². The Morgan fingerprint density at radius 2 is 1.93 bits per heavy atom. The predicted molar refractivity (Wildman–Crippen MR) is 104 cm³/mol. The lowest BCUT2D eigenvalue weighted by Gasteiger charge is -2.35. The zero-order valence-corrected chi connectivity index (χ0v) is 16.0. The number of carboxylic acid groups (broad SMARTS) is 1. The zero-order valence-electron chi connectivity index (χ0n) is 16.0. The zero-order chi connectivity index (χ0) is 19.5. The van der Waals surface area contributed by atoms with Crippen LogP contribution in [-0.2, 0) is 29.1 Å². The molecule has 1 saturated heterocycles. The van der Waals surface area contributed by atoms with E-state index in [4.69, 9.17) is 5.11 Å². The first-order valence-electron chi connectivity index (χ1n) is 9.90. The fourth-order valence-electron chi connectivity index (χ4n) is 4.25. The molecule has 3 heterocycles. The van der Waals surface area contributed by atoms with Crippen molar-refractivity contribution in [3.8, 4) is 0 Å². The summed E-state index contributed by atoms with van der Waals surface area (Å²) in [7, 11) is 0. The summed E-state index contributed by atoms with van der Waals surface area (Å²) in [6.07, 6.45) is 4.62. The number of rotatable bonds is 5. The smallest absolute Gasteiger partial charge is 0.325 e. The monoisotopic (exact) mass is 382 g/mol. The van der Waals surface area contributed by atoms with Gasteiger partial charge in [0.05, 0.1) is 12.2 Å². The first-order valence-corrected chi connectivity index (χ1v) is 9.90. The highest BCUT2D eigenvalue weighted by molar-refractivity contribution is 5.78. The molecule has 0 aliphatic carbocycles. The molecule has 1 aromatic carbocycles. The number of carbonyl (C=O) groups is 2. The van der Waals surface area contributed by atoms with Gasteiger partial charge in [-0.1, -0.05) is 24.3 Å². The molecular formula is C21H26N4O3. The lowest BCUT2D eigenvalue weighted by molar-refractivity contribution is -0.138. The Morgan fingerprint density at radius 3 is 2.75 bits per heavy atom. The van der Waals surface area contributed by atoms with Crippen LogP contribution < -0.4 is 0 Å². The summed E-state index contributed by atoms with van der Waals surface area (Å²) in [5.74, 6) is -0.554. The van der Waals surface area contributed by atoms with Crippen LogP contribution in [0.25, 0.3) is 0 Å². The average Bonchev–Trinajstić information content (AvgIpc) is 3.16. The number of piperidine rings is 1. The molecule has 0 radical (unpaired) electrons. The van der Waals surface area contributed by atoms with Gasteiger partial charge in [-0.25, -0.2) is 0 Å². The van der Waals surface area contributed by atoms with Crippen molar-refractivity contribution < 1.29 is 14.7 Å². The van der Waals surface area contributed by atoms with Crippen LogP contribution in [-0.4, -0.2) is 62.7 Å². The van der Waals surface area contributed by atoms with E-state index in [1.54, 1.807) is 6.20 Å². The molecule has 2 aromatic rings. The number of aliphatic carboxylic acids is 1. The molecule has 4 rings (SSSR count). The van der Waals surface area contributed by atoms with Gasteiger partial charge in [-0.15, -0.1) is 0 Å². The van der Waals surface area contributed by atoms with Crippen molar-refractivity contribution >= 4 is 11.9 Å². The maximum absolute atomic E-state index is 12.9. The highest BCUT2D eigenvalue weighted by Crippen LogP contribution is 2.26. The minimum atomic E-state index is -0.904. The number of amides is 1. The van der Waals surface area contributed by atoms with Crippen molar-refractivity contribution in [2.24, 2.45) is 0 Å². The summed E-state index contributed by atoms with van der Waals surface area (Å²) in [4.78, 5) is 27.9. The highest BCUT2D eigenvalue weighted by atomic mass is 16.4. The van der Waals surface area contributed by atoms with Gasteiger partial charge in [0.1, 0.15) is 6.54 Å². The predicted octanol–water partition coefficient (Wildman–Crippen LogP) is 1.73. The molecule has 1 fully saturated rings. The van der Waals surface area contributed by atoms with Crippen LogP contribution in [0.5, 0.6) is 0 Å². The molecule has 1 atom stereocenters. The average molecular weight is 382 g/mol. The van der Waals surface area contributed by atoms with Gasteiger partial charge in [0.25, 0.3) is 0 Å². The second-order valence-electron chi connectivity index (χ2n) is 7.74. The van der Waals surface area contributed by atoms with E-state index in [9.17, 15) is 9.59 Å². The first kappa shape index (κ1) is 18.7. The molecule has 1 N–H and O–H groups in total. The van der Waals surface area contributed by atoms with Gasteiger partial charge in [0.2, 0.25) is 5.91 Å². The van der Waals surface area contributed by atoms with Crippen molar-refractivity contribution in [3.63, 3.8) is 0 Å². The van der Waals surface area contributed by atoms with Gasteiger partial charge in [0.15, 0.2) is 0 Å². The highest BCUT2D eigenvalue weighted by Gasteiger charge is 2.28. The number of hydrogen-bond acceptors (Lipinski definition) is 4. The minimum Gasteiger partial charge on any atom is -0.480 e. The Labute approximate surface area is 164 Å². The van der Waals surface area contributed by atoms with E-state index in [1.807, 2.05) is 11.0 Å². The lowest BCUT2D eigenvalue weighted by Crippen LogP contribution is -2.45. The molecule has 2 aliphatic rings. The summed E-state index contributed by atoms with van der Waals surface area (Å²) in [5.41, 5.74) is 3.59. The number of fused-ring (bicyclic) bond motifs is 1. The maximum atomic E-state index is 12.9. The van der Waals surface area contributed by atoms with Crippen LogP contribution in [0.2, 0.25) is 0 Å². The summed E-state index contributed by atoms with van der Waals surface area (Å²) in [6, 6.07) is 10.3. The molecule has 148 valence electrons. The molecular weight excluding hydrogens is 356 g/mol. The minimum absolute atomic E-state index is 0.133. The standard InChI is InChI=1S/C21H26N4O3/c26-20(14-23-10-7-16-4-1-2-5-17(16)12-23)24-9-3-6-18(13-24)19-8-11-25(22-19)15-21(27)28/h1-2,4-5,8,11,18H,3,6-7,9-10,12-15H2,(H,27,28)/t18-/m1/s1. The molecule has 28 heavy (non-hydrogen) atoms. The van der Waals surface area contributed by atoms with Crippen LogP contribution >= 0.6 is 0 Å². The van der Waals surface area contributed by atoms with E-state index in [0.717, 1.165) is 44.6 Å². The third-order valence-electron chi connectivity index (χ3n) is 5.72. The molecule has 7 nitrogen and oxygen atoms in total. The molecule has 1 aromatic heterocycles. The van der Waals surface area contributed by atoms with Crippen LogP contribution in [0, 0.1) is 0 Å². The van der Waals surface area contributed by atoms with Gasteiger partial charge in [-0.2, -0.15) is 5.10 Å². The lowest BCUT2D eigenvalue weighted by atomic mass is 9.95. The van der Waals surface area contributed by atoms with Crippen LogP contribution in [0.4, 0.5) is 0 Å². The summed E-state index contributed by atoms with van der Waals surface area (Å²) >= 11 is 0. The fraction of sp³-hybridized carbons (Fsp3) is 0.476. The van der Waals surface area contributed by atoms with Crippen molar-refractivity contribution in [3.05, 3.63) is 53.3 Å². The number of aromatic nitrogens is 2. The van der Waals surface area contributed by atoms with Crippen LogP contribution in [0.1, 0.15) is 35.6 Å². The molecule has 0 spiro atoms. The summed E-state index contributed by atoms with van der Waals surface area (Å²) in [5, 5.41) is 13.3. The van der Waals surface area contributed by atoms with Gasteiger partial charge in [-0.3, -0.25) is 19.2 Å². The second kappa shape index (κ2) is 8.14. The van der Waals surface area contributed by atoms with E-state index in [-0.39, 0.29) is 18.4 Å². The molecule has 0 saturated carbocycles. The van der Waals surface area contributed by atoms with Crippen molar-refractivity contribution in [2.45, 2.75) is 38.3 Å². The normalized spacial score (nSPS) is 20.0. The molecule has 0 unspecified atom stereocenters. The quantitative estimate of drug-likeness (QED) is 0.852. The molecule has 0 bridgehead atoms. The fourth-order valence-corrected chi connectivity index (χ4v) is 4.25. The van der Waals surface area contributed by atoms with E-state index in [2.05, 4.69) is 34.3 Å². The van der Waals surface area contributed by atoms with E-state index < -0.39 is 5.97 Å². The Morgan fingerprint density at radius 1 is 1.11 bits per heavy atom. The van der Waals surface area contributed by atoms with Gasteiger partial charge >= 0.3 is 5.97 Å². The summed E-state index contributed by atoms with van der Waals surface area (Å²) in [6.45, 7) is 3.52. The largest absolute Gasteiger partial charge is 0.480 e. The van der Waals surface area contributed by atoms with E-state index in [0.29, 0.717) is 13.1 Å². The van der Waals surface area contributed by atoms with Gasteiger partial charge in [0, 0.05) is 38.3 Å². The van der Waals surface area contributed by atoms with Gasteiger partial charge < -0.3 is 10.0 Å². The Bertz CT molecular complexity index is 863. The van der Waals surface area contributed by atoms with Gasteiger partial charge in [-0.05, 0) is 36.5 Å². The van der Waals surface area contributed by atoms with Crippen molar-refractivity contribution in [1.29, 1.82) is 0 Å². The maximum Gasteiger partial charge on any atom is 0.325 e. The topological polar surface area (TPSA) is 78.7 Å². The Hall–Kier alpha value is -2.67. The number of nitrogens with zero attached hydrogens (tertiary/aromatic N) is 4. The SMILES string of the molecule is O=C(O)Cn1ccc([C@@H]2CCCN(C(=O)CN3CCc4ccccc4C3)C2)n1. The summed E-state index contributed by atoms with van der Waals surface area (Å²) < 4.78 is 1.45. The van der Waals surface area contributed by atoms with Crippen molar-refractivity contribution in [2.75, 3.05) is 26.2 Å². The molecule has 2 aliphatic heterocycles. The number of carbonyl (C=O) groups excluding carboxylic acids is 1. The number of benzene rings is 1. The number of hydrogen-bond donors (Lipinski definition) is 1. The number of likely N-dealkylation sites (tertiary alicyclic amines) is 1. The molecule has 1 amide bonds. The second-order valence-corrected chi connectivity index (χ2v) is 7.74. The Kier molecular flexibility index (Phi) is 5.43. The number of carboxylic acids is 1. The first-order chi connectivity index (χ1) is 13.6. The van der Waals surface area contributed by atoms with Crippen molar-refractivity contribution in [1.82, 2.24) is 19.6 Å². The third-order valence-corrected chi connectivity index (χ3v) is 5.72.